The number of ether oxygens (including phenoxy) is 8. The van der Waals surface area contributed by atoms with E-state index in [0.29, 0.717) is 18.8 Å². The Morgan fingerprint density at radius 2 is 0.936 bits per heavy atom. The summed E-state index contributed by atoms with van der Waals surface area (Å²) in [5.41, 5.74) is 0. The van der Waals surface area contributed by atoms with Crippen molar-refractivity contribution in [2.75, 3.05) is 33.0 Å². The van der Waals surface area contributed by atoms with Crippen LogP contribution in [0.2, 0.25) is 0 Å². The van der Waals surface area contributed by atoms with E-state index in [1.54, 1.807) is 0 Å². The molecule has 4 fully saturated rings. The molecule has 4 rings (SSSR count). The molecule has 21 N–H and O–H groups in total. The van der Waals surface area contributed by atoms with Crippen molar-refractivity contribution in [2.24, 2.45) is 5.92 Å². The van der Waals surface area contributed by atoms with E-state index in [9.17, 15) is 116 Å². The minimum atomic E-state index is -3.41. The highest BCUT2D eigenvalue weighted by Gasteiger charge is 2.63. The van der Waals surface area contributed by atoms with Crippen molar-refractivity contribution in [1.82, 2.24) is 16.0 Å². The first-order valence-corrected chi connectivity index (χ1v) is 40.6. The van der Waals surface area contributed by atoms with Crippen LogP contribution >= 0.6 is 0 Å². The third-order valence-corrected chi connectivity index (χ3v) is 21.5. The van der Waals surface area contributed by atoms with Crippen LogP contribution in [0.4, 0.5) is 0 Å². The summed E-state index contributed by atoms with van der Waals surface area (Å²) in [6.45, 7) is 3.21. The zero-order valence-electron chi connectivity index (χ0n) is 65.4. The molecule has 110 heavy (non-hydrogen) atoms. The molecule has 3 amide bonds. The SMILES string of the molecule is CCCCCCCCCCCCCCCCCCCCCC[C@@H](O)C(=O)N[C@@H](CO[C@@H]1O[C@H](CO[C@]2(C(=O)O)C[C@H](O[C@]3(C(=O)O)C[C@H](O)[C@@H](NC(=O)CO[C@@H]4O[C@@H](C)[C@@H](O)[C@@H](O)[C@@H]4O)[C@H]([C@H](O)[C@H](O)CO)O3)[C@@H](NC(C)=O)[C@H]([C@H](O)[C@H](O)CO)O2)[C@@H](O)[C@H](O)[C@H]1O)[C@H](O)[C@H](O)CCCCCCCCCCCC(C)C. The first-order chi connectivity index (χ1) is 52.3. The molecular weight excluding hydrogens is 1450 g/mol. The largest absolute Gasteiger partial charge is 0.477 e. The number of amides is 3. The van der Waals surface area contributed by atoms with Gasteiger partial charge >= 0.3 is 11.9 Å². The normalized spacial score (nSPS) is 30.9. The van der Waals surface area contributed by atoms with Crippen LogP contribution in [-0.2, 0) is 61.9 Å². The summed E-state index contributed by atoms with van der Waals surface area (Å²) in [6, 6.07) is -5.57. The molecule has 0 unspecified atom stereocenters. The average molecular weight is 1590 g/mol. The maximum atomic E-state index is 13.8. The molecule has 4 aliphatic heterocycles. The zero-order chi connectivity index (χ0) is 81.7. The smallest absolute Gasteiger partial charge is 0.364 e. The van der Waals surface area contributed by atoms with Crippen molar-refractivity contribution in [3.63, 3.8) is 0 Å². The van der Waals surface area contributed by atoms with Crippen LogP contribution in [0.5, 0.6) is 0 Å². The minimum absolute atomic E-state index is 0.0551. The Labute approximate surface area is 647 Å². The summed E-state index contributed by atoms with van der Waals surface area (Å²) in [5, 5.41) is 205. The van der Waals surface area contributed by atoms with E-state index in [4.69, 9.17) is 37.9 Å². The number of unbranched alkanes of at least 4 members (excludes halogenated alkanes) is 27. The highest BCUT2D eigenvalue weighted by atomic mass is 16.8. The second kappa shape index (κ2) is 52.2. The van der Waals surface area contributed by atoms with Crippen LogP contribution in [-0.4, -0.2) is 313 Å². The van der Waals surface area contributed by atoms with Gasteiger partial charge in [-0.2, -0.15) is 0 Å². The second-order valence-electron chi connectivity index (χ2n) is 31.2. The summed E-state index contributed by atoms with van der Waals surface area (Å²) in [7, 11) is 0. The van der Waals surface area contributed by atoms with E-state index in [1.165, 1.54) is 116 Å². The van der Waals surface area contributed by atoms with Gasteiger partial charge in [0.25, 0.3) is 11.6 Å². The second-order valence-corrected chi connectivity index (χ2v) is 31.2. The van der Waals surface area contributed by atoms with Crippen LogP contribution in [0.15, 0.2) is 0 Å². The fraction of sp³-hybridized carbons (Fsp3) is 0.934. The summed E-state index contributed by atoms with van der Waals surface area (Å²) in [4.78, 5) is 67.7. The molecule has 34 nitrogen and oxygen atoms in total. The third kappa shape index (κ3) is 32.5. The predicted octanol–water partition coefficient (Wildman–Crippen LogP) is 0.701. The molecule has 644 valence electrons. The number of aliphatic carboxylic acids is 2. The number of aliphatic hydroxyl groups is 16. The lowest BCUT2D eigenvalue weighted by Gasteiger charge is -2.52. The highest BCUT2D eigenvalue weighted by Crippen LogP contribution is 2.42. The van der Waals surface area contributed by atoms with Crippen molar-refractivity contribution in [3.05, 3.63) is 0 Å². The molecule has 34 heteroatoms. The van der Waals surface area contributed by atoms with Crippen molar-refractivity contribution in [2.45, 2.75) is 411 Å². The maximum absolute atomic E-state index is 13.8. The summed E-state index contributed by atoms with van der Waals surface area (Å²) in [6.07, 6.45) is -11.4. The summed E-state index contributed by atoms with van der Waals surface area (Å²) in [5.74, 6) is -13.6. The standard InChI is InChI=1S/C76H139N3O31/c1-6-7-8-9-10-11-12-13-14-15-16-17-18-19-20-21-24-28-31-34-37-50(84)70(98)78-48(60(90)49(83)36-33-30-27-25-22-23-26-29-32-35-45(2)3)42-103-72-67(97)65(95)63(93)55(107-72)43-105-75(73(99)100)39-54(58(77-47(5)82)69(109-75)62(92)53(87)41-81)108-76(74(101)102)38-51(85)57(68(110-76)61(91)52(86)40-80)79-56(88)44-104-71-66(96)64(94)59(89)46(4)106-71/h45-46,48-55,57-69,71-72,80-81,83-87,89-97H,6-44H2,1-5H3,(H,77,82)(H,78,98)(H,79,88)(H,99,100)(H,101,102)/t46-,48-,49+,50+,51-,52+,53+,54-,55+,57+,58+,59+,60-,61+,62+,63+,64+,65-,66-,67+,68+,69+,71+,72+,75+,76+/m0/s1. The van der Waals surface area contributed by atoms with Gasteiger partial charge in [0.15, 0.2) is 12.6 Å². The Bertz CT molecular complexity index is 2560. The molecule has 4 aliphatic rings. The van der Waals surface area contributed by atoms with E-state index < -0.39 is 234 Å². The van der Waals surface area contributed by atoms with Gasteiger partial charge in [-0.15, -0.1) is 0 Å². The fourth-order valence-corrected chi connectivity index (χ4v) is 14.6. The molecule has 0 aromatic carbocycles. The van der Waals surface area contributed by atoms with Crippen molar-refractivity contribution in [3.8, 4) is 0 Å². The van der Waals surface area contributed by atoms with Gasteiger partial charge in [0.2, 0.25) is 17.7 Å². The monoisotopic (exact) mass is 1590 g/mol. The Balaban J connectivity index is 1.52. The van der Waals surface area contributed by atoms with Gasteiger partial charge in [-0.1, -0.05) is 213 Å². The van der Waals surface area contributed by atoms with Gasteiger partial charge in [-0.25, -0.2) is 9.59 Å². The van der Waals surface area contributed by atoms with E-state index >= 15 is 0 Å². The maximum Gasteiger partial charge on any atom is 0.364 e. The first-order valence-electron chi connectivity index (χ1n) is 40.6. The van der Waals surface area contributed by atoms with Gasteiger partial charge in [0, 0.05) is 19.8 Å². The Hall–Kier alpha value is -3.61. The Morgan fingerprint density at radius 1 is 0.500 bits per heavy atom. The van der Waals surface area contributed by atoms with Gasteiger partial charge in [-0.3, -0.25) is 14.4 Å². The van der Waals surface area contributed by atoms with E-state index in [1.807, 2.05) is 0 Å². The van der Waals surface area contributed by atoms with Gasteiger partial charge in [0.1, 0.15) is 98.2 Å². The lowest BCUT2D eigenvalue weighted by atomic mass is 9.86. The third-order valence-electron chi connectivity index (χ3n) is 21.5. The molecule has 4 saturated heterocycles. The number of carboxylic acids is 2. The van der Waals surface area contributed by atoms with Crippen LogP contribution in [0.1, 0.15) is 253 Å². The van der Waals surface area contributed by atoms with Crippen molar-refractivity contribution in [1.29, 1.82) is 0 Å². The average Bonchev–Trinajstić information content (AvgIpc) is 0.742. The van der Waals surface area contributed by atoms with Crippen molar-refractivity contribution < 1.29 is 154 Å². The number of aliphatic hydroxyl groups excluding tert-OH is 16. The number of carboxylic acid groups (broad SMARTS) is 2. The lowest BCUT2D eigenvalue weighted by molar-refractivity contribution is -0.365. The van der Waals surface area contributed by atoms with Gasteiger partial charge in [-0.05, 0) is 25.7 Å². The molecule has 0 aliphatic carbocycles. The number of carbonyl (C=O) groups excluding carboxylic acids is 3. The zero-order valence-corrected chi connectivity index (χ0v) is 65.4. The molecule has 4 heterocycles. The predicted molar refractivity (Wildman–Crippen MR) is 393 cm³/mol. The number of rotatable bonds is 58. The molecule has 0 radical (unpaired) electrons. The van der Waals surface area contributed by atoms with Crippen LogP contribution in [0, 0.1) is 5.92 Å². The van der Waals surface area contributed by atoms with Crippen LogP contribution < -0.4 is 16.0 Å². The highest BCUT2D eigenvalue weighted by molar-refractivity contribution is 5.81. The number of nitrogens with one attached hydrogen (secondary N) is 3. The summed E-state index contributed by atoms with van der Waals surface area (Å²) < 4.78 is 46.1. The van der Waals surface area contributed by atoms with Crippen LogP contribution in [0.3, 0.4) is 0 Å². The van der Waals surface area contributed by atoms with Crippen molar-refractivity contribution >= 4 is 29.7 Å². The molecule has 0 saturated carbocycles. The fourth-order valence-electron chi connectivity index (χ4n) is 14.6. The molecular formula is C76H139N3O31. The van der Waals surface area contributed by atoms with Crippen LogP contribution in [0.25, 0.3) is 0 Å². The molecule has 0 aromatic heterocycles. The molecule has 0 spiro atoms. The molecule has 0 aromatic rings. The van der Waals surface area contributed by atoms with E-state index in [-0.39, 0.29) is 12.8 Å². The Morgan fingerprint density at radius 3 is 1.40 bits per heavy atom. The number of hydrogen-bond acceptors (Lipinski definition) is 29. The summed E-state index contributed by atoms with van der Waals surface area (Å²) >= 11 is 0. The lowest BCUT2D eigenvalue weighted by Crippen LogP contribution is -2.72. The minimum Gasteiger partial charge on any atom is -0.477 e. The topological polar surface area (TPSA) is 559 Å². The van der Waals surface area contributed by atoms with E-state index in [0.717, 1.165) is 77.6 Å². The van der Waals surface area contributed by atoms with Gasteiger partial charge in [0.05, 0.1) is 69.0 Å². The Kier molecular flexibility index (Phi) is 46.8. The number of carbonyl (C=O) groups is 5. The number of hydrogen-bond donors (Lipinski definition) is 21. The van der Waals surface area contributed by atoms with Gasteiger partial charge < -0.3 is 146 Å². The quantitative estimate of drug-likeness (QED) is 0.0373. The molecule has 0 bridgehead atoms. The first kappa shape index (κ1) is 98.8. The van der Waals surface area contributed by atoms with E-state index in [2.05, 4.69) is 36.7 Å². The molecule has 26 atom stereocenters.